The lowest BCUT2D eigenvalue weighted by atomic mass is 10.0. The number of hydrogen-bond donors (Lipinski definition) is 1. The number of amides is 1. The van der Waals surface area contributed by atoms with Gasteiger partial charge >= 0.3 is 11.9 Å². The van der Waals surface area contributed by atoms with Crippen LogP contribution in [-0.2, 0) is 20.7 Å². The number of methoxy groups -OCH3 is 2. The van der Waals surface area contributed by atoms with Gasteiger partial charge in [0.25, 0.3) is 11.5 Å². The molecule has 0 aliphatic rings. The molecule has 202 valence electrons. The van der Waals surface area contributed by atoms with Crippen LogP contribution >= 0.6 is 0 Å². The van der Waals surface area contributed by atoms with Crippen LogP contribution in [0, 0.1) is 18.8 Å². The summed E-state index contributed by atoms with van der Waals surface area (Å²) >= 11 is 0. The van der Waals surface area contributed by atoms with Gasteiger partial charge in [-0.3, -0.25) is 18.8 Å². The highest BCUT2D eigenvalue weighted by atomic mass is 16.5. The first-order chi connectivity index (χ1) is 19.3. The summed E-state index contributed by atoms with van der Waals surface area (Å²) in [4.78, 5) is 53.8. The Morgan fingerprint density at radius 1 is 0.950 bits per heavy atom. The van der Waals surface area contributed by atoms with Crippen molar-refractivity contribution in [2.45, 2.75) is 25.8 Å². The van der Waals surface area contributed by atoms with Gasteiger partial charge in [0.05, 0.1) is 31.8 Å². The molecule has 4 aromatic rings. The van der Waals surface area contributed by atoms with Crippen molar-refractivity contribution in [2.24, 2.45) is 0 Å². The maximum atomic E-state index is 13.2. The second-order valence-corrected chi connectivity index (χ2v) is 9.03. The van der Waals surface area contributed by atoms with Crippen molar-refractivity contribution in [2.75, 3.05) is 14.2 Å². The molecule has 0 fully saturated rings. The van der Waals surface area contributed by atoms with Gasteiger partial charge in [-0.05, 0) is 61.4 Å². The molecule has 0 saturated carbocycles. The zero-order chi connectivity index (χ0) is 28.6. The van der Waals surface area contributed by atoms with E-state index in [1.54, 1.807) is 49.5 Å². The zero-order valence-corrected chi connectivity index (χ0v) is 22.3. The summed E-state index contributed by atoms with van der Waals surface area (Å²) in [5.74, 6) is 4.75. The van der Waals surface area contributed by atoms with Crippen LogP contribution in [0.3, 0.4) is 0 Å². The number of aromatic nitrogens is 2. The van der Waals surface area contributed by atoms with Gasteiger partial charge < -0.3 is 14.8 Å². The molecule has 1 N–H and O–H groups in total. The van der Waals surface area contributed by atoms with E-state index in [2.05, 4.69) is 22.1 Å². The molecule has 0 bridgehead atoms. The molecule has 9 heteroatoms. The second-order valence-electron chi connectivity index (χ2n) is 9.03. The molecule has 0 unspecified atom stereocenters. The molecular weight excluding hydrogens is 510 g/mol. The fourth-order valence-corrected chi connectivity index (χ4v) is 4.13. The Morgan fingerprint density at radius 2 is 1.70 bits per heavy atom. The number of pyridine rings is 1. The topological polar surface area (TPSA) is 116 Å². The standard InChI is InChI=1S/C31H27N3O6/c1-20-16-27(35)34-15-5-8-26(29(34)32-20)30(37)33-25(19-28(36)39-2)18-23-13-10-21(11-14-23)9-12-22-6-4-7-24(17-22)31(38)40-3/h4-8,10-11,13-17,25H,18-19H2,1-3H3,(H,33,37)/t25-/m0/s1. The third-order valence-electron chi connectivity index (χ3n) is 6.11. The monoisotopic (exact) mass is 537 g/mol. The number of benzene rings is 2. The molecule has 0 spiro atoms. The van der Waals surface area contributed by atoms with Crippen LogP contribution < -0.4 is 10.9 Å². The average Bonchev–Trinajstić information content (AvgIpc) is 2.96. The van der Waals surface area contributed by atoms with E-state index in [1.807, 2.05) is 24.3 Å². The summed E-state index contributed by atoms with van der Waals surface area (Å²) in [5.41, 5.74) is 3.39. The van der Waals surface area contributed by atoms with Crippen molar-refractivity contribution >= 4 is 23.5 Å². The molecule has 9 nitrogen and oxygen atoms in total. The first-order valence-corrected chi connectivity index (χ1v) is 12.4. The van der Waals surface area contributed by atoms with Gasteiger partial charge in [0, 0.05) is 35.1 Å². The average molecular weight is 538 g/mol. The number of aryl methyl sites for hydroxylation is 1. The summed E-state index contributed by atoms with van der Waals surface area (Å²) in [7, 11) is 2.62. The minimum Gasteiger partial charge on any atom is -0.469 e. The highest BCUT2D eigenvalue weighted by molar-refractivity contribution is 6.00. The largest absolute Gasteiger partial charge is 0.469 e. The molecule has 2 heterocycles. The van der Waals surface area contributed by atoms with E-state index in [1.165, 1.54) is 24.7 Å². The van der Waals surface area contributed by atoms with Crippen molar-refractivity contribution in [1.82, 2.24) is 14.7 Å². The molecule has 0 saturated heterocycles. The van der Waals surface area contributed by atoms with Crippen LogP contribution in [0.2, 0.25) is 0 Å². The van der Waals surface area contributed by atoms with E-state index in [-0.39, 0.29) is 23.2 Å². The number of nitrogens with one attached hydrogen (secondary N) is 1. The normalized spacial score (nSPS) is 11.2. The van der Waals surface area contributed by atoms with Gasteiger partial charge in [0.2, 0.25) is 0 Å². The Bertz CT molecular complexity index is 1700. The lowest BCUT2D eigenvalue weighted by Crippen LogP contribution is -2.38. The molecule has 1 amide bonds. The maximum Gasteiger partial charge on any atom is 0.337 e. The lowest BCUT2D eigenvalue weighted by molar-refractivity contribution is -0.141. The summed E-state index contributed by atoms with van der Waals surface area (Å²) in [6.45, 7) is 1.68. The Labute approximate surface area is 230 Å². The second kappa shape index (κ2) is 12.5. The van der Waals surface area contributed by atoms with Gasteiger partial charge in [-0.1, -0.05) is 30.0 Å². The van der Waals surface area contributed by atoms with Crippen LogP contribution in [0.4, 0.5) is 0 Å². The quantitative estimate of drug-likeness (QED) is 0.285. The van der Waals surface area contributed by atoms with Gasteiger partial charge in [0.15, 0.2) is 5.65 Å². The fraction of sp³-hybridized carbons (Fsp3) is 0.194. The molecular formula is C31H27N3O6. The Hall–Kier alpha value is -5.23. The lowest BCUT2D eigenvalue weighted by Gasteiger charge is -2.18. The highest BCUT2D eigenvalue weighted by Gasteiger charge is 2.21. The van der Waals surface area contributed by atoms with E-state index < -0.39 is 23.9 Å². The SMILES string of the molecule is COC(=O)C[C@H](Cc1ccc(C#Cc2cccc(C(=O)OC)c2)cc1)NC(=O)c1cccn2c(=O)cc(C)nc12. The minimum atomic E-state index is -0.574. The smallest absolute Gasteiger partial charge is 0.337 e. The number of carbonyl (C=O) groups excluding carboxylic acids is 3. The van der Waals surface area contributed by atoms with E-state index in [0.717, 1.165) is 11.1 Å². The number of hydrogen-bond acceptors (Lipinski definition) is 7. The van der Waals surface area contributed by atoms with Crippen molar-refractivity contribution in [3.05, 3.63) is 117 Å². The van der Waals surface area contributed by atoms with Gasteiger partial charge in [-0.15, -0.1) is 0 Å². The molecule has 0 radical (unpaired) electrons. The van der Waals surface area contributed by atoms with Crippen LogP contribution in [0.25, 0.3) is 5.65 Å². The van der Waals surface area contributed by atoms with E-state index in [0.29, 0.717) is 23.2 Å². The summed E-state index contributed by atoms with van der Waals surface area (Å²) in [5, 5.41) is 2.90. The first kappa shape index (κ1) is 27.8. The first-order valence-electron chi connectivity index (χ1n) is 12.4. The third-order valence-corrected chi connectivity index (χ3v) is 6.11. The van der Waals surface area contributed by atoms with Crippen molar-refractivity contribution in [1.29, 1.82) is 0 Å². The van der Waals surface area contributed by atoms with Gasteiger partial charge in [-0.25, -0.2) is 9.78 Å². The molecule has 1 atom stereocenters. The molecule has 40 heavy (non-hydrogen) atoms. The molecule has 2 aromatic heterocycles. The van der Waals surface area contributed by atoms with E-state index in [4.69, 9.17) is 9.47 Å². The fourth-order valence-electron chi connectivity index (χ4n) is 4.13. The van der Waals surface area contributed by atoms with Crippen molar-refractivity contribution in [3.8, 4) is 11.8 Å². The number of esters is 2. The van der Waals surface area contributed by atoms with Crippen LogP contribution in [0.1, 0.15) is 49.5 Å². The molecule has 2 aromatic carbocycles. The molecule has 0 aliphatic carbocycles. The zero-order valence-electron chi connectivity index (χ0n) is 22.3. The number of nitrogens with zero attached hydrogens (tertiary/aromatic N) is 2. The summed E-state index contributed by atoms with van der Waals surface area (Å²) in [6, 6.07) is 18.3. The van der Waals surface area contributed by atoms with E-state index in [9.17, 15) is 19.2 Å². The van der Waals surface area contributed by atoms with Gasteiger partial charge in [0.1, 0.15) is 0 Å². The van der Waals surface area contributed by atoms with Crippen molar-refractivity contribution in [3.63, 3.8) is 0 Å². The van der Waals surface area contributed by atoms with E-state index >= 15 is 0 Å². The third kappa shape index (κ3) is 6.79. The summed E-state index contributed by atoms with van der Waals surface area (Å²) < 4.78 is 10.9. The molecule has 4 rings (SSSR count). The van der Waals surface area contributed by atoms with Gasteiger partial charge in [-0.2, -0.15) is 0 Å². The number of carbonyl (C=O) groups is 3. The Balaban J connectivity index is 1.51. The van der Waals surface area contributed by atoms with Crippen LogP contribution in [0.5, 0.6) is 0 Å². The highest BCUT2D eigenvalue weighted by Crippen LogP contribution is 2.13. The number of fused-ring (bicyclic) bond motifs is 1. The number of rotatable bonds is 7. The Morgan fingerprint density at radius 3 is 2.42 bits per heavy atom. The van der Waals surface area contributed by atoms with Crippen LogP contribution in [-0.4, -0.2) is 47.5 Å². The van der Waals surface area contributed by atoms with Crippen molar-refractivity contribution < 1.29 is 23.9 Å². The number of ether oxygens (including phenoxy) is 2. The van der Waals surface area contributed by atoms with Crippen LogP contribution in [0.15, 0.2) is 77.7 Å². The Kier molecular flexibility index (Phi) is 8.72. The molecule has 0 aliphatic heterocycles. The summed E-state index contributed by atoms with van der Waals surface area (Å²) in [6.07, 6.45) is 1.86. The predicted molar refractivity (Wildman–Crippen MR) is 148 cm³/mol. The minimum absolute atomic E-state index is 0.0441. The predicted octanol–water partition coefficient (Wildman–Crippen LogP) is 3.09. The maximum absolute atomic E-state index is 13.2.